The van der Waals surface area contributed by atoms with Gasteiger partial charge in [-0.3, -0.25) is 4.79 Å². The normalized spacial score (nSPS) is 11.3. The molecule has 1 N–H and O–H groups in total. The third kappa shape index (κ3) is 6.41. The van der Waals surface area contributed by atoms with Gasteiger partial charge in [-0.15, -0.1) is 11.3 Å². The SMILES string of the molecule is CC(C)(C)c1ccc(OCCCC(=O)Nc2nc(-c3ccc(Br)cc3)cs2)cc1. The highest BCUT2D eigenvalue weighted by Gasteiger charge is 2.13. The molecule has 4 nitrogen and oxygen atoms in total. The summed E-state index contributed by atoms with van der Waals surface area (Å²) in [6.45, 7) is 7.06. The topological polar surface area (TPSA) is 51.2 Å². The first-order valence-electron chi connectivity index (χ1n) is 9.56. The Bertz CT molecular complexity index is 944. The molecule has 0 aliphatic heterocycles. The van der Waals surface area contributed by atoms with Gasteiger partial charge in [0.05, 0.1) is 12.3 Å². The number of carbonyl (C=O) groups is 1. The molecule has 0 aliphatic carbocycles. The Morgan fingerprint density at radius 1 is 1.10 bits per heavy atom. The average Bonchev–Trinajstić information content (AvgIpc) is 3.14. The Morgan fingerprint density at radius 2 is 1.79 bits per heavy atom. The zero-order valence-corrected chi connectivity index (χ0v) is 19.3. The van der Waals surface area contributed by atoms with Crippen LogP contribution in [0.1, 0.15) is 39.2 Å². The van der Waals surface area contributed by atoms with E-state index in [2.05, 4.69) is 59.1 Å². The number of benzene rings is 2. The zero-order chi connectivity index (χ0) is 20.9. The number of thiazole rings is 1. The van der Waals surface area contributed by atoms with E-state index in [-0.39, 0.29) is 11.3 Å². The fourth-order valence-electron chi connectivity index (χ4n) is 2.74. The van der Waals surface area contributed by atoms with Crippen molar-refractivity contribution < 1.29 is 9.53 Å². The maximum Gasteiger partial charge on any atom is 0.226 e. The minimum absolute atomic E-state index is 0.0478. The molecule has 0 atom stereocenters. The molecule has 0 unspecified atom stereocenters. The van der Waals surface area contributed by atoms with Crippen LogP contribution in [0, 0.1) is 0 Å². The first-order chi connectivity index (χ1) is 13.8. The number of rotatable bonds is 7. The molecule has 1 aromatic heterocycles. The Kier molecular flexibility index (Phi) is 7.09. The molecule has 1 amide bonds. The molecule has 0 spiro atoms. The number of hydrogen-bond donors (Lipinski definition) is 1. The second kappa shape index (κ2) is 9.55. The summed E-state index contributed by atoms with van der Waals surface area (Å²) >= 11 is 4.86. The molecule has 152 valence electrons. The van der Waals surface area contributed by atoms with Gasteiger partial charge in [0.15, 0.2) is 5.13 Å². The van der Waals surface area contributed by atoms with Crippen molar-refractivity contribution >= 4 is 38.3 Å². The smallest absolute Gasteiger partial charge is 0.226 e. The van der Waals surface area contributed by atoms with Gasteiger partial charge in [0, 0.05) is 21.8 Å². The summed E-state index contributed by atoms with van der Waals surface area (Å²) in [6.07, 6.45) is 1.05. The van der Waals surface area contributed by atoms with Crippen LogP contribution in [0.15, 0.2) is 58.4 Å². The lowest BCUT2D eigenvalue weighted by Crippen LogP contribution is -2.13. The largest absolute Gasteiger partial charge is 0.494 e. The molecule has 0 aliphatic rings. The summed E-state index contributed by atoms with van der Waals surface area (Å²) in [5.41, 5.74) is 3.29. The molecular weight excluding hydrogens is 448 g/mol. The van der Waals surface area contributed by atoms with E-state index in [1.54, 1.807) is 0 Å². The third-order valence-electron chi connectivity index (χ3n) is 4.43. The minimum atomic E-state index is -0.0478. The van der Waals surface area contributed by atoms with Crippen LogP contribution >= 0.6 is 27.3 Å². The Morgan fingerprint density at radius 3 is 2.45 bits per heavy atom. The summed E-state index contributed by atoms with van der Waals surface area (Å²) in [4.78, 5) is 16.7. The van der Waals surface area contributed by atoms with E-state index < -0.39 is 0 Å². The fraction of sp³-hybridized carbons (Fsp3) is 0.304. The molecule has 0 saturated heterocycles. The van der Waals surface area contributed by atoms with Gasteiger partial charge in [0.2, 0.25) is 5.91 Å². The number of aromatic nitrogens is 1. The average molecular weight is 473 g/mol. The molecule has 3 rings (SSSR count). The zero-order valence-electron chi connectivity index (χ0n) is 16.9. The van der Waals surface area contributed by atoms with Crippen LogP contribution in [0.25, 0.3) is 11.3 Å². The lowest BCUT2D eigenvalue weighted by Gasteiger charge is -2.19. The molecular formula is C23H25BrN2O2S. The van der Waals surface area contributed by atoms with E-state index in [1.165, 1.54) is 16.9 Å². The second-order valence-corrected chi connectivity index (χ2v) is 9.59. The molecule has 29 heavy (non-hydrogen) atoms. The summed E-state index contributed by atoms with van der Waals surface area (Å²) < 4.78 is 6.77. The second-order valence-electron chi connectivity index (χ2n) is 7.82. The van der Waals surface area contributed by atoms with Gasteiger partial charge in [-0.1, -0.05) is 61.0 Å². The highest BCUT2D eigenvalue weighted by molar-refractivity contribution is 9.10. The first-order valence-corrected chi connectivity index (χ1v) is 11.2. The quantitative estimate of drug-likeness (QED) is 0.390. The lowest BCUT2D eigenvalue weighted by atomic mass is 9.87. The van der Waals surface area contributed by atoms with E-state index >= 15 is 0 Å². The number of carbonyl (C=O) groups excluding carboxylic acids is 1. The van der Waals surface area contributed by atoms with E-state index in [0.29, 0.717) is 24.6 Å². The predicted molar refractivity (Wildman–Crippen MR) is 124 cm³/mol. The highest BCUT2D eigenvalue weighted by Crippen LogP contribution is 2.26. The fourth-order valence-corrected chi connectivity index (χ4v) is 3.74. The number of anilines is 1. The van der Waals surface area contributed by atoms with Crippen LogP contribution in [-0.2, 0) is 10.2 Å². The molecule has 0 bridgehead atoms. The monoisotopic (exact) mass is 472 g/mol. The van der Waals surface area contributed by atoms with Crippen LogP contribution in [0.3, 0.4) is 0 Å². The van der Waals surface area contributed by atoms with Gasteiger partial charge < -0.3 is 10.1 Å². The maximum absolute atomic E-state index is 12.2. The van der Waals surface area contributed by atoms with Crippen LogP contribution in [0.2, 0.25) is 0 Å². The van der Waals surface area contributed by atoms with Gasteiger partial charge in [0.1, 0.15) is 5.75 Å². The number of ether oxygens (including phenoxy) is 1. The summed E-state index contributed by atoms with van der Waals surface area (Å²) in [5, 5.41) is 5.43. The van der Waals surface area contributed by atoms with Gasteiger partial charge in [-0.05, 0) is 41.7 Å². The Hall–Kier alpha value is -2.18. The van der Waals surface area contributed by atoms with Gasteiger partial charge in [0.25, 0.3) is 0 Å². The van der Waals surface area contributed by atoms with Gasteiger partial charge >= 0.3 is 0 Å². The molecule has 0 saturated carbocycles. The van der Waals surface area contributed by atoms with Crippen LogP contribution < -0.4 is 10.1 Å². The number of hydrogen-bond acceptors (Lipinski definition) is 4. The molecule has 2 aromatic carbocycles. The Balaban J connectivity index is 1.42. The van der Waals surface area contributed by atoms with Crippen LogP contribution in [-0.4, -0.2) is 17.5 Å². The van der Waals surface area contributed by atoms with Crippen LogP contribution in [0.5, 0.6) is 5.75 Å². The van der Waals surface area contributed by atoms with Crippen molar-refractivity contribution in [2.24, 2.45) is 0 Å². The highest BCUT2D eigenvalue weighted by atomic mass is 79.9. The van der Waals surface area contributed by atoms with Gasteiger partial charge in [-0.2, -0.15) is 0 Å². The number of nitrogens with zero attached hydrogens (tertiary/aromatic N) is 1. The van der Waals surface area contributed by atoms with Crippen LogP contribution in [0.4, 0.5) is 5.13 Å². The van der Waals surface area contributed by atoms with Crippen molar-refractivity contribution in [3.63, 3.8) is 0 Å². The minimum Gasteiger partial charge on any atom is -0.494 e. The third-order valence-corrected chi connectivity index (χ3v) is 5.71. The maximum atomic E-state index is 12.2. The van der Waals surface area contributed by atoms with E-state index in [4.69, 9.17) is 4.74 Å². The van der Waals surface area contributed by atoms with E-state index in [9.17, 15) is 4.79 Å². The number of halogens is 1. The molecule has 0 radical (unpaired) electrons. The number of nitrogens with one attached hydrogen (secondary N) is 1. The first kappa shape index (κ1) is 21.5. The molecule has 3 aromatic rings. The summed E-state index contributed by atoms with van der Waals surface area (Å²) in [7, 11) is 0. The number of amides is 1. The van der Waals surface area contributed by atoms with Crippen molar-refractivity contribution in [1.82, 2.24) is 4.98 Å². The predicted octanol–water partition coefficient (Wildman–Crippen LogP) is 6.67. The standard InChI is InChI=1S/C23H25BrN2O2S/c1-23(2,3)17-8-12-19(13-9-17)28-14-4-5-21(27)26-22-25-20(15-29-22)16-6-10-18(24)11-7-16/h6-13,15H,4-5,14H2,1-3H3,(H,25,26,27). The molecule has 1 heterocycles. The van der Waals surface area contributed by atoms with Crippen molar-refractivity contribution in [1.29, 1.82) is 0 Å². The van der Waals surface area contributed by atoms with E-state index in [0.717, 1.165) is 21.5 Å². The van der Waals surface area contributed by atoms with Crippen molar-refractivity contribution in [2.75, 3.05) is 11.9 Å². The molecule has 6 heteroatoms. The Labute approximate surface area is 184 Å². The lowest BCUT2D eigenvalue weighted by molar-refractivity contribution is -0.116. The van der Waals surface area contributed by atoms with Crippen molar-refractivity contribution in [2.45, 2.75) is 39.0 Å². The summed E-state index contributed by atoms with van der Waals surface area (Å²) in [5.74, 6) is 0.783. The van der Waals surface area contributed by atoms with Crippen molar-refractivity contribution in [3.8, 4) is 17.0 Å². The summed E-state index contributed by atoms with van der Waals surface area (Å²) in [6, 6.07) is 16.1. The van der Waals surface area contributed by atoms with Gasteiger partial charge in [-0.25, -0.2) is 4.98 Å². The van der Waals surface area contributed by atoms with Crippen molar-refractivity contribution in [3.05, 3.63) is 63.9 Å². The molecule has 0 fully saturated rings. The van der Waals surface area contributed by atoms with E-state index in [1.807, 2.05) is 41.8 Å².